The zero-order valence-corrected chi connectivity index (χ0v) is 13.7. The highest BCUT2D eigenvalue weighted by atomic mass is 35.5. The van der Waals surface area contributed by atoms with Crippen molar-refractivity contribution in [3.8, 4) is 5.75 Å². The molecule has 8 heteroatoms. The van der Waals surface area contributed by atoms with E-state index in [4.69, 9.17) is 17.3 Å². The Morgan fingerprint density at radius 2 is 1.96 bits per heavy atom. The third kappa shape index (κ3) is 3.94. The molecule has 2 aromatic carbocycles. The highest BCUT2D eigenvalue weighted by molar-refractivity contribution is 6.30. The average molecular weight is 350 g/mol. The third-order valence-corrected chi connectivity index (χ3v) is 3.82. The van der Waals surface area contributed by atoms with Crippen LogP contribution in [0.15, 0.2) is 36.4 Å². The number of nitrogen functional groups attached to an aromatic ring is 1. The van der Waals surface area contributed by atoms with E-state index in [1.807, 2.05) is 12.1 Å². The van der Waals surface area contributed by atoms with E-state index in [-0.39, 0.29) is 11.3 Å². The van der Waals surface area contributed by atoms with Crippen LogP contribution in [0.3, 0.4) is 0 Å². The molecule has 0 aliphatic heterocycles. The molecule has 1 amide bonds. The van der Waals surface area contributed by atoms with E-state index in [9.17, 15) is 20.0 Å². The number of amides is 1. The Labute approximate surface area is 143 Å². The summed E-state index contributed by atoms with van der Waals surface area (Å²) >= 11 is 5.82. The minimum Gasteiger partial charge on any atom is -0.502 e. The molecule has 0 heterocycles. The minimum absolute atomic E-state index is 0.0126. The summed E-state index contributed by atoms with van der Waals surface area (Å²) in [4.78, 5) is 24.0. The van der Waals surface area contributed by atoms with Crippen molar-refractivity contribution in [3.05, 3.63) is 62.7 Å². The molecule has 7 nitrogen and oxygen atoms in total. The smallest absolute Gasteiger partial charge is 0.311 e. The molecule has 0 spiro atoms. The van der Waals surface area contributed by atoms with Crippen LogP contribution in [0.5, 0.6) is 5.75 Å². The maximum Gasteiger partial charge on any atom is 0.311 e. The van der Waals surface area contributed by atoms with Crippen LogP contribution in [0, 0.1) is 10.1 Å². The van der Waals surface area contributed by atoms with Gasteiger partial charge >= 0.3 is 5.69 Å². The number of halogens is 1. The summed E-state index contributed by atoms with van der Waals surface area (Å²) in [6.45, 7) is 0.397. The van der Waals surface area contributed by atoms with Crippen LogP contribution in [0.2, 0.25) is 5.02 Å². The molecule has 0 aliphatic rings. The number of phenolic OH excluding ortho intramolecular Hbond substituents is 1. The predicted octanol–water partition coefficient (Wildman–Crippen LogP) is 2.85. The number of hydrogen-bond acceptors (Lipinski definition) is 5. The summed E-state index contributed by atoms with van der Waals surface area (Å²) in [6.07, 6.45) is 0.597. The number of nitro benzene ring substituents is 1. The number of nitrogens with two attached hydrogens (primary N) is 1. The lowest BCUT2D eigenvalue weighted by Crippen LogP contribution is -2.29. The van der Waals surface area contributed by atoms with Crippen molar-refractivity contribution in [1.29, 1.82) is 0 Å². The first kappa shape index (κ1) is 17.6. The fraction of sp³-hybridized carbons (Fsp3) is 0.188. The van der Waals surface area contributed by atoms with Gasteiger partial charge in [-0.3, -0.25) is 14.9 Å². The summed E-state index contributed by atoms with van der Waals surface area (Å²) in [5, 5.41) is 21.0. The summed E-state index contributed by atoms with van der Waals surface area (Å²) in [5.74, 6) is -1.03. The van der Waals surface area contributed by atoms with Crippen molar-refractivity contribution in [2.75, 3.05) is 19.3 Å². The number of aromatic hydroxyl groups is 1. The number of carbonyl (C=O) groups is 1. The molecule has 0 aromatic heterocycles. The van der Waals surface area contributed by atoms with Crippen LogP contribution in [0.1, 0.15) is 15.9 Å². The molecular weight excluding hydrogens is 334 g/mol. The van der Waals surface area contributed by atoms with Crippen molar-refractivity contribution in [2.45, 2.75) is 6.42 Å². The van der Waals surface area contributed by atoms with E-state index in [1.54, 1.807) is 19.2 Å². The first-order valence-electron chi connectivity index (χ1n) is 7.06. The van der Waals surface area contributed by atoms with Crippen molar-refractivity contribution in [2.24, 2.45) is 0 Å². The highest BCUT2D eigenvalue weighted by Crippen LogP contribution is 2.31. The first-order valence-corrected chi connectivity index (χ1v) is 7.44. The predicted molar refractivity (Wildman–Crippen MR) is 91.3 cm³/mol. The Balaban J connectivity index is 2.14. The molecule has 126 valence electrons. The molecule has 24 heavy (non-hydrogen) atoms. The quantitative estimate of drug-likeness (QED) is 0.490. The van der Waals surface area contributed by atoms with E-state index < -0.39 is 22.3 Å². The standard InChI is InChI=1S/C16H16ClN3O4/c1-19(7-6-10-2-4-11(17)5-3-10)16(22)12-8-14(20(23)24)15(21)9-13(12)18/h2-5,8-9,21H,6-7,18H2,1H3. The molecular formula is C16H16ClN3O4. The lowest BCUT2D eigenvalue weighted by molar-refractivity contribution is -0.385. The number of carbonyl (C=O) groups excluding carboxylic acids is 1. The number of nitro groups is 1. The summed E-state index contributed by atoms with van der Waals surface area (Å²) in [6, 6.07) is 9.26. The second-order valence-electron chi connectivity index (χ2n) is 5.29. The van der Waals surface area contributed by atoms with Crippen LogP contribution in [0.25, 0.3) is 0 Å². The summed E-state index contributed by atoms with van der Waals surface area (Å²) in [5.41, 5.74) is 6.13. The van der Waals surface area contributed by atoms with Crippen molar-refractivity contribution >= 4 is 28.9 Å². The number of phenols is 1. The molecule has 2 rings (SSSR count). The third-order valence-electron chi connectivity index (χ3n) is 3.57. The Morgan fingerprint density at radius 3 is 2.54 bits per heavy atom. The van der Waals surface area contributed by atoms with Crippen LogP contribution < -0.4 is 5.73 Å². The van der Waals surface area contributed by atoms with Gasteiger partial charge in [0.05, 0.1) is 10.5 Å². The summed E-state index contributed by atoms with van der Waals surface area (Å²) < 4.78 is 0. The van der Waals surface area contributed by atoms with Crippen molar-refractivity contribution < 1.29 is 14.8 Å². The monoisotopic (exact) mass is 349 g/mol. The molecule has 0 saturated heterocycles. The van der Waals surface area contributed by atoms with E-state index >= 15 is 0 Å². The number of nitrogens with zero attached hydrogens (tertiary/aromatic N) is 2. The Bertz CT molecular complexity index is 778. The van der Waals surface area contributed by atoms with Crippen molar-refractivity contribution in [1.82, 2.24) is 4.90 Å². The topological polar surface area (TPSA) is 110 Å². The maximum absolute atomic E-state index is 12.4. The van der Waals surface area contributed by atoms with Gasteiger partial charge in [-0.05, 0) is 24.1 Å². The molecule has 0 unspecified atom stereocenters. The van der Waals surface area contributed by atoms with Crippen LogP contribution in [0.4, 0.5) is 11.4 Å². The average Bonchev–Trinajstić information content (AvgIpc) is 2.53. The van der Waals surface area contributed by atoms with Gasteiger partial charge in [-0.25, -0.2) is 0 Å². The summed E-state index contributed by atoms with van der Waals surface area (Å²) in [7, 11) is 1.58. The lowest BCUT2D eigenvalue weighted by atomic mass is 10.1. The molecule has 0 fully saturated rings. The zero-order chi connectivity index (χ0) is 17.9. The Kier molecular flexibility index (Phi) is 5.25. The van der Waals surface area contributed by atoms with Gasteiger partial charge in [-0.2, -0.15) is 0 Å². The van der Waals surface area contributed by atoms with Gasteiger partial charge in [-0.15, -0.1) is 0 Å². The largest absolute Gasteiger partial charge is 0.502 e. The fourth-order valence-electron chi connectivity index (χ4n) is 2.18. The van der Waals surface area contributed by atoms with Gasteiger partial charge in [0.25, 0.3) is 5.91 Å². The molecule has 3 N–H and O–H groups in total. The van der Waals surface area contributed by atoms with Gasteiger partial charge in [0.1, 0.15) is 0 Å². The van der Waals surface area contributed by atoms with Gasteiger partial charge < -0.3 is 15.7 Å². The van der Waals surface area contributed by atoms with Crippen LogP contribution >= 0.6 is 11.6 Å². The number of hydrogen-bond donors (Lipinski definition) is 2. The fourth-order valence-corrected chi connectivity index (χ4v) is 2.31. The number of rotatable bonds is 5. The highest BCUT2D eigenvalue weighted by Gasteiger charge is 2.22. The number of likely N-dealkylation sites (N-methyl/N-ethyl adjacent to an activating group) is 1. The Hall–Kier alpha value is -2.80. The van der Waals surface area contributed by atoms with E-state index in [1.165, 1.54) is 4.90 Å². The Morgan fingerprint density at radius 1 is 1.33 bits per heavy atom. The van der Waals surface area contributed by atoms with E-state index in [0.29, 0.717) is 18.0 Å². The normalized spacial score (nSPS) is 10.4. The zero-order valence-electron chi connectivity index (χ0n) is 12.9. The number of anilines is 1. The molecule has 0 bridgehead atoms. The molecule has 0 atom stereocenters. The van der Waals surface area contributed by atoms with Crippen molar-refractivity contribution in [3.63, 3.8) is 0 Å². The van der Waals surface area contributed by atoms with Gasteiger partial charge in [-0.1, -0.05) is 23.7 Å². The maximum atomic E-state index is 12.4. The van der Waals surface area contributed by atoms with E-state index in [2.05, 4.69) is 0 Å². The SMILES string of the molecule is CN(CCc1ccc(Cl)cc1)C(=O)c1cc([N+](=O)[O-])c(O)cc1N. The molecule has 0 saturated carbocycles. The van der Waals surface area contributed by atoms with Crippen LogP contribution in [-0.2, 0) is 6.42 Å². The molecule has 2 aromatic rings. The minimum atomic E-state index is -0.765. The van der Waals surface area contributed by atoms with Crippen LogP contribution in [-0.4, -0.2) is 34.4 Å². The van der Waals surface area contributed by atoms with Gasteiger partial charge in [0.2, 0.25) is 0 Å². The first-order chi connectivity index (χ1) is 11.3. The second kappa shape index (κ2) is 7.18. The second-order valence-corrected chi connectivity index (χ2v) is 5.72. The van der Waals surface area contributed by atoms with E-state index in [0.717, 1.165) is 17.7 Å². The van der Waals surface area contributed by atoms with Gasteiger partial charge in [0, 0.05) is 36.4 Å². The molecule has 0 aliphatic carbocycles. The lowest BCUT2D eigenvalue weighted by Gasteiger charge is -2.18. The van der Waals surface area contributed by atoms with Gasteiger partial charge in [0.15, 0.2) is 5.75 Å². The number of benzene rings is 2. The molecule has 0 radical (unpaired) electrons.